The molecule has 0 unspecified atom stereocenters. The predicted molar refractivity (Wildman–Crippen MR) is 155 cm³/mol. The van der Waals surface area contributed by atoms with Gasteiger partial charge in [0.1, 0.15) is 11.5 Å². The van der Waals surface area contributed by atoms with Gasteiger partial charge in [-0.1, -0.05) is 19.1 Å². The second kappa shape index (κ2) is 14.1. The highest BCUT2D eigenvalue weighted by Crippen LogP contribution is 2.26. The van der Waals surface area contributed by atoms with Crippen molar-refractivity contribution in [1.82, 2.24) is 25.0 Å². The van der Waals surface area contributed by atoms with Gasteiger partial charge in [-0.25, -0.2) is 0 Å². The van der Waals surface area contributed by atoms with Gasteiger partial charge in [-0.15, -0.1) is 0 Å². The van der Waals surface area contributed by atoms with Crippen LogP contribution < -0.4 is 10.1 Å². The maximum atomic E-state index is 13.4. The molecule has 2 aromatic rings. The number of aromatic nitrogens is 1. The summed E-state index contributed by atoms with van der Waals surface area (Å²) in [5, 5.41) is 3.06. The maximum absolute atomic E-state index is 13.4. The summed E-state index contributed by atoms with van der Waals surface area (Å²) in [7, 11) is 1.55. The molecular weight excluding hydrogens is 538 g/mol. The van der Waals surface area contributed by atoms with E-state index in [-0.39, 0.29) is 37.4 Å². The fourth-order valence-electron chi connectivity index (χ4n) is 5.86. The Bertz CT molecular complexity index is 1250. The van der Waals surface area contributed by atoms with Gasteiger partial charge >= 0.3 is 0 Å². The Kier molecular flexibility index (Phi) is 10.0. The van der Waals surface area contributed by atoms with Gasteiger partial charge in [0, 0.05) is 39.4 Å². The third-order valence-electron chi connectivity index (χ3n) is 8.33. The molecule has 1 aromatic heterocycles. The van der Waals surface area contributed by atoms with Crippen LogP contribution in [0.5, 0.6) is 11.5 Å². The fraction of sp³-hybridized carbons (Fsp3) is 0.548. The van der Waals surface area contributed by atoms with Crippen molar-refractivity contribution in [3.8, 4) is 11.5 Å². The van der Waals surface area contributed by atoms with E-state index < -0.39 is 12.1 Å². The number of pyridine rings is 1. The molecule has 1 aromatic carbocycles. The summed E-state index contributed by atoms with van der Waals surface area (Å²) in [6.45, 7) is 6.65. The molecular formula is C31H41N5O6. The zero-order chi connectivity index (χ0) is 29.5. The summed E-state index contributed by atoms with van der Waals surface area (Å²) in [5.41, 5.74) is 1.20. The lowest BCUT2D eigenvalue weighted by Gasteiger charge is -2.31. The molecule has 11 heteroatoms. The number of carbonyl (C=O) groups excluding carboxylic acids is 3. The van der Waals surface area contributed by atoms with E-state index in [4.69, 9.17) is 14.2 Å². The van der Waals surface area contributed by atoms with E-state index in [1.165, 1.54) is 17.3 Å². The molecule has 11 nitrogen and oxygen atoms in total. The van der Waals surface area contributed by atoms with Crippen LogP contribution in [0, 0.1) is 5.92 Å². The van der Waals surface area contributed by atoms with Crippen LogP contribution >= 0.6 is 0 Å². The first-order valence-electron chi connectivity index (χ1n) is 14.8. The number of nitrogens with zero attached hydrogens (tertiary/aromatic N) is 4. The normalized spacial score (nSPS) is 22.4. The van der Waals surface area contributed by atoms with Crippen molar-refractivity contribution in [2.24, 2.45) is 5.92 Å². The lowest BCUT2D eigenvalue weighted by Crippen LogP contribution is -2.49. The molecule has 0 radical (unpaired) electrons. The number of fused-ring (bicyclic) bond motifs is 5. The number of ether oxygens (including phenoxy) is 3. The van der Waals surface area contributed by atoms with Crippen molar-refractivity contribution in [2.45, 2.75) is 44.9 Å². The second-order valence-electron chi connectivity index (χ2n) is 11.3. The minimum absolute atomic E-state index is 0.0975. The van der Waals surface area contributed by atoms with Gasteiger partial charge in [-0.3, -0.25) is 19.4 Å². The number of likely N-dealkylation sites (tertiary alicyclic amines) is 2. The summed E-state index contributed by atoms with van der Waals surface area (Å²) in [4.78, 5) is 50.0. The molecule has 42 heavy (non-hydrogen) atoms. The topological polar surface area (TPSA) is 114 Å². The average Bonchev–Trinajstić information content (AvgIpc) is 3.40. The zero-order valence-electron chi connectivity index (χ0n) is 24.5. The summed E-state index contributed by atoms with van der Waals surface area (Å²) in [6.07, 6.45) is 5.16. The van der Waals surface area contributed by atoms with Crippen molar-refractivity contribution in [1.29, 1.82) is 0 Å². The van der Waals surface area contributed by atoms with Gasteiger partial charge in [0.05, 0.1) is 43.7 Å². The second-order valence-corrected chi connectivity index (χ2v) is 11.3. The molecule has 3 aliphatic rings. The van der Waals surface area contributed by atoms with E-state index in [9.17, 15) is 14.4 Å². The van der Waals surface area contributed by atoms with E-state index in [1.54, 1.807) is 13.2 Å². The Hall–Kier alpha value is -3.54. The average molecular weight is 580 g/mol. The highest BCUT2D eigenvalue weighted by atomic mass is 16.5. The zero-order valence-corrected chi connectivity index (χ0v) is 24.5. The SMILES string of the molecule is CCN1CCC(CC(=O)N2C[C@@H]3NC(=O)CN(CCOC)C(=O)c4cncc(c4)Oc4cccc(c4)CO[C@H]3C2)CC1. The number of carbonyl (C=O) groups is 3. The monoisotopic (exact) mass is 579 g/mol. The summed E-state index contributed by atoms with van der Waals surface area (Å²) in [5.74, 6) is 0.791. The molecule has 0 aliphatic carbocycles. The molecule has 4 heterocycles. The van der Waals surface area contributed by atoms with Gasteiger partial charge in [0.15, 0.2) is 0 Å². The van der Waals surface area contributed by atoms with Crippen LogP contribution in [-0.4, -0.2) is 109 Å². The Balaban J connectivity index is 1.34. The number of hydrogen-bond acceptors (Lipinski definition) is 8. The fourth-order valence-corrected chi connectivity index (χ4v) is 5.86. The van der Waals surface area contributed by atoms with Crippen LogP contribution in [0.3, 0.4) is 0 Å². The quantitative estimate of drug-likeness (QED) is 0.555. The first kappa shape index (κ1) is 29.9. The van der Waals surface area contributed by atoms with E-state index >= 15 is 0 Å². The predicted octanol–water partition coefficient (Wildman–Crippen LogP) is 2.31. The van der Waals surface area contributed by atoms with Gasteiger partial charge in [0.2, 0.25) is 11.8 Å². The summed E-state index contributed by atoms with van der Waals surface area (Å²) in [6, 6.07) is 8.73. The van der Waals surface area contributed by atoms with Crippen molar-refractivity contribution in [2.75, 3.05) is 59.5 Å². The number of piperidine rings is 1. The van der Waals surface area contributed by atoms with Crippen LogP contribution in [-0.2, 0) is 25.7 Å². The molecule has 0 saturated carbocycles. The minimum Gasteiger partial charge on any atom is -0.456 e. The van der Waals surface area contributed by atoms with Gasteiger partial charge in [0.25, 0.3) is 5.91 Å². The Morgan fingerprint density at radius 2 is 1.95 bits per heavy atom. The van der Waals surface area contributed by atoms with Crippen LogP contribution in [0.1, 0.15) is 42.1 Å². The molecule has 1 N–H and O–H groups in total. The lowest BCUT2D eigenvalue weighted by atomic mass is 9.93. The number of amides is 3. The maximum Gasteiger partial charge on any atom is 0.256 e. The minimum atomic E-state index is -0.403. The smallest absolute Gasteiger partial charge is 0.256 e. The standard InChI is InChI=1S/C31H41N5O6/c1-3-34-9-7-22(8-10-34)14-30(38)36-18-27-28(19-36)41-21-23-5-4-6-25(13-23)42-26-15-24(16-32-17-26)31(39)35(11-12-40-2)20-29(37)33-27/h4-6,13,15-17,22,27-28H,3,7-12,14,18-21H2,1-2H3,(H,33,37)/t27-,28-/m0/s1. The Labute approximate surface area is 247 Å². The molecule has 226 valence electrons. The molecule has 4 bridgehead atoms. The molecule has 3 aliphatic heterocycles. The van der Waals surface area contributed by atoms with Gasteiger partial charge < -0.3 is 34.2 Å². The van der Waals surface area contributed by atoms with Crippen molar-refractivity contribution >= 4 is 17.7 Å². The molecule has 0 spiro atoms. The van der Waals surface area contributed by atoms with Gasteiger partial charge in [-0.05, 0) is 62.2 Å². The Morgan fingerprint density at radius 3 is 2.74 bits per heavy atom. The number of hydrogen-bond donors (Lipinski definition) is 1. The summed E-state index contributed by atoms with van der Waals surface area (Å²) < 4.78 is 17.5. The number of benzene rings is 1. The van der Waals surface area contributed by atoms with Crippen LogP contribution in [0.15, 0.2) is 42.7 Å². The van der Waals surface area contributed by atoms with Crippen molar-refractivity contribution < 1.29 is 28.6 Å². The lowest BCUT2D eigenvalue weighted by molar-refractivity contribution is -0.132. The highest BCUT2D eigenvalue weighted by Gasteiger charge is 2.38. The van der Waals surface area contributed by atoms with Crippen molar-refractivity contribution in [3.63, 3.8) is 0 Å². The van der Waals surface area contributed by atoms with Gasteiger partial charge in [-0.2, -0.15) is 0 Å². The molecule has 5 rings (SSSR count). The number of nitrogens with one attached hydrogen (secondary N) is 1. The first-order chi connectivity index (χ1) is 20.4. The molecule has 2 atom stereocenters. The third-order valence-corrected chi connectivity index (χ3v) is 8.33. The third kappa shape index (κ3) is 7.64. The van der Waals surface area contributed by atoms with Crippen LogP contribution in [0.25, 0.3) is 0 Å². The summed E-state index contributed by atoms with van der Waals surface area (Å²) >= 11 is 0. The Morgan fingerprint density at radius 1 is 1.12 bits per heavy atom. The van der Waals surface area contributed by atoms with Crippen LogP contribution in [0.4, 0.5) is 0 Å². The molecule has 2 fully saturated rings. The first-order valence-corrected chi connectivity index (χ1v) is 14.8. The molecule has 3 amide bonds. The van der Waals surface area contributed by atoms with Crippen LogP contribution in [0.2, 0.25) is 0 Å². The van der Waals surface area contributed by atoms with Crippen molar-refractivity contribution in [3.05, 3.63) is 53.9 Å². The largest absolute Gasteiger partial charge is 0.456 e. The number of rotatable bonds is 6. The number of methoxy groups -OCH3 is 1. The highest BCUT2D eigenvalue weighted by molar-refractivity contribution is 5.96. The van der Waals surface area contributed by atoms with E-state index in [0.717, 1.165) is 38.0 Å². The molecule has 2 saturated heterocycles. The van der Waals surface area contributed by atoms with E-state index in [2.05, 4.69) is 22.1 Å². The van der Waals surface area contributed by atoms with E-state index in [1.807, 2.05) is 29.2 Å². The van der Waals surface area contributed by atoms with E-state index in [0.29, 0.717) is 49.1 Å².